The number of amides is 1. The van der Waals surface area contributed by atoms with Crippen molar-refractivity contribution in [3.63, 3.8) is 0 Å². The highest BCUT2D eigenvalue weighted by molar-refractivity contribution is 6.55. The maximum absolute atomic E-state index is 12.6. The minimum atomic E-state index is -4.43. The molecule has 3 rings (SSSR count). The van der Waals surface area contributed by atoms with Crippen LogP contribution in [0.3, 0.4) is 0 Å². The third-order valence-corrected chi connectivity index (χ3v) is 5.22. The van der Waals surface area contributed by atoms with Gasteiger partial charge in [0.25, 0.3) is 5.91 Å². The number of halogens is 5. The number of nitrogens with one attached hydrogen (secondary N) is 1. The van der Waals surface area contributed by atoms with Gasteiger partial charge in [-0.05, 0) is 55.3 Å². The zero-order valence-electron chi connectivity index (χ0n) is 18.0. The minimum absolute atomic E-state index is 0.139. The Labute approximate surface area is 205 Å². The molecule has 0 aromatic heterocycles. The molecule has 0 aliphatic heterocycles. The molecule has 0 saturated heterocycles. The van der Waals surface area contributed by atoms with Crippen molar-refractivity contribution in [1.29, 1.82) is 0 Å². The van der Waals surface area contributed by atoms with Gasteiger partial charge in [-0.1, -0.05) is 47.5 Å². The van der Waals surface area contributed by atoms with Gasteiger partial charge in [0.15, 0.2) is 0 Å². The van der Waals surface area contributed by atoms with Gasteiger partial charge in [0.1, 0.15) is 22.6 Å². The average molecular weight is 512 g/mol. The predicted molar refractivity (Wildman–Crippen MR) is 128 cm³/mol. The van der Waals surface area contributed by atoms with E-state index in [0.717, 1.165) is 22.9 Å². The second kappa shape index (κ2) is 12.0. The second-order valence-corrected chi connectivity index (χ2v) is 8.31. The van der Waals surface area contributed by atoms with E-state index in [1.54, 1.807) is 6.08 Å². The van der Waals surface area contributed by atoms with Crippen molar-refractivity contribution in [2.24, 2.45) is 0 Å². The van der Waals surface area contributed by atoms with E-state index in [0.29, 0.717) is 37.5 Å². The molecule has 3 aromatic carbocycles. The third kappa shape index (κ3) is 7.30. The lowest BCUT2D eigenvalue weighted by molar-refractivity contribution is -0.137. The van der Waals surface area contributed by atoms with E-state index in [1.807, 2.05) is 36.4 Å². The summed E-state index contributed by atoms with van der Waals surface area (Å²) in [7, 11) is 0. The quantitative estimate of drug-likeness (QED) is 0.294. The number of carbonyl (C=O) groups is 1. The van der Waals surface area contributed by atoms with E-state index < -0.39 is 17.6 Å². The molecule has 0 aliphatic rings. The highest BCUT2D eigenvalue weighted by Crippen LogP contribution is 2.32. The first kappa shape index (κ1) is 25.7. The van der Waals surface area contributed by atoms with Crippen LogP contribution in [-0.4, -0.2) is 25.7 Å². The van der Waals surface area contributed by atoms with Crippen molar-refractivity contribution in [2.75, 3.05) is 19.8 Å². The molecule has 0 heterocycles. The van der Waals surface area contributed by atoms with Gasteiger partial charge in [-0.25, -0.2) is 0 Å². The average Bonchev–Trinajstić information content (AvgIpc) is 2.80. The summed E-state index contributed by atoms with van der Waals surface area (Å²) < 4.78 is 49.6. The van der Waals surface area contributed by atoms with Gasteiger partial charge in [0.2, 0.25) is 0 Å². The molecule has 0 spiro atoms. The molecule has 34 heavy (non-hydrogen) atoms. The zero-order valence-corrected chi connectivity index (χ0v) is 19.5. The molecule has 0 aliphatic carbocycles. The number of benzene rings is 3. The van der Waals surface area contributed by atoms with Crippen LogP contribution in [0, 0.1) is 0 Å². The van der Waals surface area contributed by atoms with E-state index >= 15 is 0 Å². The first-order valence-electron chi connectivity index (χ1n) is 10.5. The fourth-order valence-corrected chi connectivity index (χ4v) is 3.35. The Kier molecular flexibility index (Phi) is 9.07. The Bertz CT molecular complexity index is 1140. The fraction of sp³-hybridized carbons (Fsp3) is 0.240. The summed E-state index contributed by atoms with van der Waals surface area (Å²) in [5.74, 6) is 0.976. The first-order chi connectivity index (χ1) is 16.3. The number of alkyl halides is 3. The van der Waals surface area contributed by atoms with Crippen LogP contribution in [0.25, 0.3) is 10.8 Å². The largest absolute Gasteiger partial charge is 0.493 e. The third-order valence-electron chi connectivity index (χ3n) is 4.91. The Morgan fingerprint density at radius 3 is 2.09 bits per heavy atom. The van der Waals surface area contributed by atoms with E-state index in [4.69, 9.17) is 32.7 Å². The van der Waals surface area contributed by atoms with Crippen molar-refractivity contribution in [3.05, 3.63) is 82.4 Å². The Balaban J connectivity index is 1.46. The summed E-state index contributed by atoms with van der Waals surface area (Å²) in [5.41, 5.74) is -0.605. The molecular formula is C25H22Cl2F3NO3. The molecule has 180 valence electrons. The molecule has 0 unspecified atom stereocenters. The van der Waals surface area contributed by atoms with Crippen LogP contribution in [0.4, 0.5) is 13.2 Å². The van der Waals surface area contributed by atoms with Gasteiger partial charge in [-0.2, -0.15) is 13.2 Å². The number of hydrogen-bond donors (Lipinski definition) is 1. The van der Waals surface area contributed by atoms with Crippen molar-refractivity contribution in [1.82, 2.24) is 5.32 Å². The molecular weight excluding hydrogens is 490 g/mol. The van der Waals surface area contributed by atoms with Crippen LogP contribution in [0.5, 0.6) is 11.5 Å². The lowest BCUT2D eigenvalue weighted by atomic mass is 10.1. The highest BCUT2D eigenvalue weighted by Gasteiger charge is 2.30. The Hall–Kier alpha value is -2.90. The number of unbranched alkanes of at least 4 members (excludes halogenated alkanes) is 1. The number of hydrogen-bond acceptors (Lipinski definition) is 3. The lowest BCUT2D eigenvalue weighted by Crippen LogP contribution is -2.24. The normalized spacial score (nSPS) is 11.2. The first-order valence-corrected chi connectivity index (χ1v) is 11.3. The number of ether oxygens (including phenoxy) is 2. The summed E-state index contributed by atoms with van der Waals surface area (Å²) >= 11 is 11.2. The van der Waals surface area contributed by atoms with Gasteiger partial charge in [-0.15, -0.1) is 0 Å². The van der Waals surface area contributed by atoms with Gasteiger partial charge >= 0.3 is 6.18 Å². The minimum Gasteiger partial charge on any atom is -0.493 e. The van der Waals surface area contributed by atoms with Crippen LogP contribution in [0.2, 0.25) is 0 Å². The number of carbonyl (C=O) groups excluding carboxylic acids is 1. The summed E-state index contributed by atoms with van der Waals surface area (Å²) in [4.78, 5) is 12.1. The smallest absolute Gasteiger partial charge is 0.416 e. The van der Waals surface area contributed by atoms with Crippen molar-refractivity contribution in [2.45, 2.75) is 19.0 Å². The van der Waals surface area contributed by atoms with Crippen LogP contribution in [0.1, 0.15) is 28.8 Å². The van der Waals surface area contributed by atoms with Gasteiger partial charge in [0.05, 0.1) is 12.2 Å². The number of rotatable bonds is 10. The zero-order chi connectivity index (χ0) is 24.6. The summed E-state index contributed by atoms with van der Waals surface area (Å²) in [6.45, 7) is 1.06. The summed E-state index contributed by atoms with van der Waals surface area (Å²) in [6.07, 6.45) is -1.54. The highest BCUT2D eigenvalue weighted by atomic mass is 35.5. The van der Waals surface area contributed by atoms with E-state index in [1.165, 1.54) is 12.1 Å². The van der Waals surface area contributed by atoms with Crippen molar-refractivity contribution >= 4 is 39.9 Å². The molecule has 0 radical (unpaired) electrons. The standard InChI is InChI=1S/C25H22Cl2F3NO3/c26-23(27)13-16-34-22-8-4-5-19-20(22)6-3-7-21(19)33-15-2-1-14-31-24(32)17-9-11-18(12-10-17)25(28,29)30/h3-13H,1-2,14-16H2,(H,31,32). The molecule has 4 nitrogen and oxygen atoms in total. The van der Waals surface area contributed by atoms with Crippen molar-refractivity contribution < 1.29 is 27.4 Å². The molecule has 0 fully saturated rings. The van der Waals surface area contributed by atoms with E-state index in [-0.39, 0.29) is 16.7 Å². The second-order valence-electron chi connectivity index (χ2n) is 7.30. The molecule has 0 atom stereocenters. The molecule has 0 saturated carbocycles. The monoisotopic (exact) mass is 511 g/mol. The van der Waals surface area contributed by atoms with Crippen LogP contribution in [-0.2, 0) is 6.18 Å². The van der Waals surface area contributed by atoms with E-state index in [2.05, 4.69) is 5.32 Å². The Morgan fingerprint density at radius 2 is 1.50 bits per heavy atom. The SMILES string of the molecule is O=C(NCCCCOc1cccc2c(OCC=C(Cl)Cl)cccc12)c1ccc(C(F)(F)F)cc1. The van der Waals surface area contributed by atoms with Crippen LogP contribution in [0.15, 0.2) is 71.2 Å². The maximum atomic E-state index is 12.6. The predicted octanol–water partition coefficient (Wildman–Crippen LogP) is 7.15. The van der Waals surface area contributed by atoms with Gasteiger partial charge in [-0.3, -0.25) is 4.79 Å². The maximum Gasteiger partial charge on any atom is 0.416 e. The van der Waals surface area contributed by atoms with Crippen LogP contribution >= 0.6 is 23.2 Å². The van der Waals surface area contributed by atoms with Gasteiger partial charge in [0, 0.05) is 22.9 Å². The van der Waals surface area contributed by atoms with Gasteiger partial charge < -0.3 is 14.8 Å². The van der Waals surface area contributed by atoms with Crippen LogP contribution < -0.4 is 14.8 Å². The lowest BCUT2D eigenvalue weighted by Gasteiger charge is -2.12. The molecule has 3 aromatic rings. The van der Waals surface area contributed by atoms with E-state index in [9.17, 15) is 18.0 Å². The molecule has 0 bridgehead atoms. The summed E-state index contributed by atoms with van der Waals surface area (Å²) in [5, 5.41) is 4.50. The van der Waals surface area contributed by atoms with Crippen molar-refractivity contribution in [3.8, 4) is 11.5 Å². The Morgan fingerprint density at radius 1 is 0.882 bits per heavy atom. The molecule has 1 N–H and O–H groups in total. The molecule has 9 heteroatoms. The topological polar surface area (TPSA) is 47.6 Å². The summed E-state index contributed by atoms with van der Waals surface area (Å²) in [6, 6.07) is 15.5. The molecule has 1 amide bonds. The fourth-order valence-electron chi connectivity index (χ4n) is 3.22. The number of fused-ring (bicyclic) bond motifs is 1.